The molecule has 1 fully saturated rings. The van der Waals surface area contributed by atoms with Crippen molar-refractivity contribution in [3.8, 4) is 0 Å². The zero-order chi connectivity index (χ0) is 12.4. The first-order valence-electron chi connectivity index (χ1n) is 5.97. The Labute approximate surface area is 106 Å². The Morgan fingerprint density at radius 1 is 1.47 bits per heavy atom. The first kappa shape index (κ1) is 12.7. The van der Waals surface area contributed by atoms with Gasteiger partial charge in [-0.3, -0.25) is 4.90 Å². The average Bonchev–Trinajstić information content (AvgIpc) is 2.28. The van der Waals surface area contributed by atoms with Crippen LogP contribution in [0.15, 0.2) is 18.2 Å². The number of halogens is 1. The summed E-state index contributed by atoms with van der Waals surface area (Å²) in [5.74, 6) is 0.935. The summed E-state index contributed by atoms with van der Waals surface area (Å²) in [6, 6.07) is 5.46. The lowest BCUT2D eigenvalue weighted by Crippen LogP contribution is -2.44. The molecule has 1 aromatic rings. The summed E-state index contributed by atoms with van der Waals surface area (Å²) in [6.07, 6.45) is 0. The van der Waals surface area contributed by atoms with E-state index in [1.165, 1.54) is 6.07 Å². The first-order chi connectivity index (χ1) is 8.08. The lowest BCUT2D eigenvalue weighted by atomic mass is 10.1. The van der Waals surface area contributed by atoms with Crippen LogP contribution in [0.2, 0.25) is 0 Å². The summed E-state index contributed by atoms with van der Waals surface area (Å²) in [4.78, 5) is 2.34. The molecule has 2 atom stereocenters. The maximum Gasteiger partial charge on any atom is 0.129 e. The summed E-state index contributed by atoms with van der Waals surface area (Å²) in [7, 11) is 0. The highest BCUT2D eigenvalue weighted by Gasteiger charge is 2.25. The molecule has 0 saturated carbocycles. The number of benzene rings is 1. The van der Waals surface area contributed by atoms with Crippen LogP contribution < -0.4 is 5.73 Å². The second kappa shape index (κ2) is 5.27. The molecule has 1 aromatic carbocycles. The van der Waals surface area contributed by atoms with Gasteiger partial charge in [0.05, 0.1) is 0 Å². The Kier molecular flexibility index (Phi) is 3.94. The van der Waals surface area contributed by atoms with Gasteiger partial charge in [-0.1, -0.05) is 13.0 Å². The number of anilines is 1. The zero-order valence-electron chi connectivity index (χ0n) is 10.3. The van der Waals surface area contributed by atoms with E-state index in [0.29, 0.717) is 23.5 Å². The Morgan fingerprint density at radius 2 is 2.24 bits per heavy atom. The highest BCUT2D eigenvalue weighted by Crippen LogP contribution is 2.26. The van der Waals surface area contributed by atoms with Gasteiger partial charge in [-0.25, -0.2) is 4.39 Å². The van der Waals surface area contributed by atoms with Crippen LogP contribution in [0.3, 0.4) is 0 Å². The fourth-order valence-corrected chi connectivity index (χ4v) is 3.29. The van der Waals surface area contributed by atoms with Crippen molar-refractivity contribution in [3.63, 3.8) is 0 Å². The lowest BCUT2D eigenvalue weighted by molar-refractivity contribution is 0.202. The van der Waals surface area contributed by atoms with E-state index < -0.39 is 0 Å². The van der Waals surface area contributed by atoms with Crippen LogP contribution in [0.25, 0.3) is 0 Å². The predicted octanol–water partition coefficient (Wildman–Crippen LogP) is 2.73. The number of hydrogen-bond donors (Lipinski definition) is 1. The van der Waals surface area contributed by atoms with Crippen LogP contribution in [0.1, 0.15) is 19.4 Å². The van der Waals surface area contributed by atoms with Crippen molar-refractivity contribution in [1.82, 2.24) is 4.90 Å². The summed E-state index contributed by atoms with van der Waals surface area (Å²) < 4.78 is 13.7. The summed E-state index contributed by atoms with van der Waals surface area (Å²) in [6.45, 7) is 6.16. The van der Waals surface area contributed by atoms with Crippen molar-refractivity contribution in [2.45, 2.75) is 31.7 Å². The second-order valence-corrected chi connectivity index (χ2v) is 6.12. The quantitative estimate of drug-likeness (QED) is 0.823. The molecule has 2 rings (SSSR count). The molecule has 1 aliphatic heterocycles. The van der Waals surface area contributed by atoms with Gasteiger partial charge in [-0.15, -0.1) is 0 Å². The molecule has 1 saturated heterocycles. The number of hydrogen-bond acceptors (Lipinski definition) is 3. The Morgan fingerprint density at radius 3 is 2.94 bits per heavy atom. The van der Waals surface area contributed by atoms with E-state index in [4.69, 9.17) is 5.73 Å². The molecule has 17 heavy (non-hydrogen) atoms. The van der Waals surface area contributed by atoms with E-state index in [0.717, 1.165) is 17.9 Å². The minimum atomic E-state index is -0.192. The van der Waals surface area contributed by atoms with Crippen molar-refractivity contribution >= 4 is 17.4 Å². The topological polar surface area (TPSA) is 29.3 Å². The maximum atomic E-state index is 13.7. The van der Waals surface area contributed by atoms with E-state index in [2.05, 4.69) is 18.7 Å². The van der Waals surface area contributed by atoms with Gasteiger partial charge in [0.15, 0.2) is 0 Å². The van der Waals surface area contributed by atoms with Crippen molar-refractivity contribution in [2.24, 2.45) is 0 Å². The minimum absolute atomic E-state index is 0.192. The highest BCUT2D eigenvalue weighted by molar-refractivity contribution is 8.00. The SMILES string of the molecule is CC1SCCN(Cc2ccc(N)cc2F)C1C. The minimum Gasteiger partial charge on any atom is -0.399 e. The maximum absolute atomic E-state index is 13.7. The molecule has 0 spiro atoms. The largest absolute Gasteiger partial charge is 0.399 e. The van der Waals surface area contributed by atoms with Crippen LogP contribution in [-0.4, -0.2) is 28.5 Å². The smallest absolute Gasteiger partial charge is 0.129 e. The van der Waals surface area contributed by atoms with Gasteiger partial charge in [0.2, 0.25) is 0 Å². The van der Waals surface area contributed by atoms with E-state index in [9.17, 15) is 4.39 Å². The van der Waals surface area contributed by atoms with Crippen molar-refractivity contribution < 1.29 is 4.39 Å². The van der Waals surface area contributed by atoms with Gasteiger partial charge >= 0.3 is 0 Å². The first-order valence-corrected chi connectivity index (χ1v) is 7.02. The van der Waals surface area contributed by atoms with E-state index >= 15 is 0 Å². The van der Waals surface area contributed by atoms with Gasteiger partial charge in [0.25, 0.3) is 0 Å². The molecule has 1 heterocycles. The van der Waals surface area contributed by atoms with Crippen LogP contribution in [0, 0.1) is 5.82 Å². The lowest BCUT2D eigenvalue weighted by Gasteiger charge is -2.37. The summed E-state index contributed by atoms with van der Waals surface area (Å²) >= 11 is 1.99. The number of nitrogens with zero attached hydrogens (tertiary/aromatic N) is 1. The fourth-order valence-electron chi connectivity index (χ4n) is 2.13. The molecule has 0 aromatic heterocycles. The zero-order valence-corrected chi connectivity index (χ0v) is 11.1. The monoisotopic (exact) mass is 254 g/mol. The Bertz CT molecular complexity index is 397. The fraction of sp³-hybridized carbons (Fsp3) is 0.538. The van der Waals surface area contributed by atoms with Crippen molar-refractivity contribution in [1.29, 1.82) is 0 Å². The van der Waals surface area contributed by atoms with Crippen LogP contribution in [-0.2, 0) is 6.54 Å². The summed E-state index contributed by atoms with van der Waals surface area (Å²) in [5.41, 5.74) is 6.78. The predicted molar refractivity (Wildman–Crippen MR) is 72.6 cm³/mol. The molecule has 2 nitrogen and oxygen atoms in total. The second-order valence-electron chi connectivity index (χ2n) is 4.64. The Balaban J connectivity index is 2.09. The molecule has 0 amide bonds. The standard InChI is InChI=1S/C13H19FN2S/c1-9-10(2)17-6-5-16(9)8-11-3-4-12(15)7-13(11)14/h3-4,7,9-10H,5-6,8,15H2,1-2H3. The molecule has 0 aliphatic carbocycles. The van der Waals surface area contributed by atoms with Gasteiger partial charge < -0.3 is 5.73 Å². The number of nitrogens with two attached hydrogens (primary N) is 1. The van der Waals surface area contributed by atoms with E-state index in [1.54, 1.807) is 12.1 Å². The molecule has 4 heteroatoms. The highest BCUT2D eigenvalue weighted by atomic mass is 32.2. The third-order valence-electron chi connectivity index (χ3n) is 3.47. The molecule has 1 aliphatic rings. The molecule has 0 bridgehead atoms. The van der Waals surface area contributed by atoms with Crippen LogP contribution in [0.4, 0.5) is 10.1 Å². The van der Waals surface area contributed by atoms with Crippen molar-refractivity contribution in [2.75, 3.05) is 18.0 Å². The van der Waals surface area contributed by atoms with Crippen LogP contribution in [0.5, 0.6) is 0 Å². The Hall–Kier alpha value is -0.740. The molecule has 0 radical (unpaired) electrons. The van der Waals surface area contributed by atoms with Gasteiger partial charge in [0, 0.05) is 41.4 Å². The number of rotatable bonds is 2. The third kappa shape index (κ3) is 2.93. The van der Waals surface area contributed by atoms with Crippen LogP contribution >= 0.6 is 11.8 Å². The van der Waals surface area contributed by atoms with E-state index in [-0.39, 0.29) is 5.82 Å². The molecule has 2 N–H and O–H groups in total. The van der Waals surface area contributed by atoms with Crippen molar-refractivity contribution in [3.05, 3.63) is 29.6 Å². The molecule has 2 unspecified atom stereocenters. The van der Waals surface area contributed by atoms with Gasteiger partial charge in [-0.05, 0) is 19.1 Å². The van der Waals surface area contributed by atoms with E-state index in [1.807, 2.05) is 11.8 Å². The molecule has 94 valence electrons. The molecular formula is C13H19FN2S. The number of thioether (sulfide) groups is 1. The normalized spacial score (nSPS) is 26.1. The average molecular weight is 254 g/mol. The van der Waals surface area contributed by atoms with Gasteiger partial charge in [-0.2, -0.15) is 11.8 Å². The van der Waals surface area contributed by atoms with Gasteiger partial charge in [0.1, 0.15) is 5.82 Å². The third-order valence-corrected chi connectivity index (χ3v) is 4.80. The number of nitrogen functional groups attached to an aromatic ring is 1. The molecular weight excluding hydrogens is 235 g/mol. The summed E-state index contributed by atoms with van der Waals surface area (Å²) in [5, 5.41) is 0.612.